The fourth-order valence-corrected chi connectivity index (χ4v) is 1.16. The summed E-state index contributed by atoms with van der Waals surface area (Å²) in [5, 5.41) is 19.2. The van der Waals surface area contributed by atoms with Crippen molar-refractivity contribution in [2.24, 2.45) is 0 Å². The van der Waals surface area contributed by atoms with Crippen LogP contribution in [0.1, 0.15) is 11.1 Å². The predicted octanol–water partition coefficient (Wildman–Crippen LogP) is 2.00. The quantitative estimate of drug-likeness (QED) is 0.467. The van der Waals surface area contributed by atoms with Gasteiger partial charge in [-0.1, -0.05) is 12.6 Å². The summed E-state index contributed by atoms with van der Waals surface area (Å²) in [7, 11) is 0. The first-order chi connectivity index (χ1) is 6.93. The minimum Gasteiger partial charge on any atom is -0.478 e. The van der Waals surface area contributed by atoms with E-state index in [1.165, 1.54) is 18.2 Å². The number of carbonyl (C=O) groups is 1. The van der Waals surface area contributed by atoms with E-state index in [0.717, 1.165) is 0 Å². The SMILES string of the molecule is C=C(C(=O)O)c1cc([N+](=O)[O-])ccc1C. The number of carboxylic acid groups (broad SMARTS) is 1. The summed E-state index contributed by atoms with van der Waals surface area (Å²) in [6.07, 6.45) is 0. The number of nitrogens with zero attached hydrogens (tertiary/aromatic N) is 1. The molecule has 15 heavy (non-hydrogen) atoms. The Morgan fingerprint density at radius 1 is 1.53 bits per heavy atom. The number of aliphatic carboxylic acids is 1. The highest BCUT2D eigenvalue weighted by molar-refractivity contribution is 6.15. The number of carboxylic acids is 1. The fourth-order valence-electron chi connectivity index (χ4n) is 1.16. The maximum atomic E-state index is 10.7. The van der Waals surface area contributed by atoms with E-state index >= 15 is 0 Å². The number of benzene rings is 1. The lowest BCUT2D eigenvalue weighted by atomic mass is 10.0. The van der Waals surface area contributed by atoms with Crippen LogP contribution in [0.5, 0.6) is 0 Å². The van der Waals surface area contributed by atoms with Crippen molar-refractivity contribution >= 4 is 17.2 Å². The van der Waals surface area contributed by atoms with Crippen LogP contribution in [0.3, 0.4) is 0 Å². The van der Waals surface area contributed by atoms with E-state index in [4.69, 9.17) is 5.11 Å². The average molecular weight is 207 g/mol. The number of hydrogen-bond donors (Lipinski definition) is 1. The molecule has 0 fully saturated rings. The third kappa shape index (κ3) is 2.19. The summed E-state index contributed by atoms with van der Waals surface area (Å²) >= 11 is 0. The Morgan fingerprint density at radius 2 is 2.13 bits per heavy atom. The van der Waals surface area contributed by atoms with Gasteiger partial charge < -0.3 is 5.11 Å². The molecule has 0 aliphatic heterocycles. The van der Waals surface area contributed by atoms with Gasteiger partial charge in [0.2, 0.25) is 0 Å². The van der Waals surface area contributed by atoms with E-state index in [2.05, 4.69) is 6.58 Å². The lowest BCUT2D eigenvalue weighted by molar-refractivity contribution is -0.384. The second-order valence-electron chi connectivity index (χ2n) is 3.04. The van der Waals surface area contributed by atoms with Crippen LogP contribution in [-0.2, 0) is 4.79 Å². The maximum absolute atomic E-state index is 10.7. The van der Waals surface area contributed by atoms with Crippen molar-refractivity contribution in [1.82, 2.24) is 0 Å². The average Bonchev–Trinajstić information content (AvgIpc) is 2.16. The molecule has 0 aliphatic rings. The van der Waals surface area contributed by atoms with E-state index in [1.54, 1.807) is 6.92 Å². The fraction of sp³-hybridized carbons (Fsp3) is 0.100. The number of nitro groups is 1. The van der Waals surface area contributed by atoms with Crippen molar-refractivity contribution in [3.63, 3.8) is 0 Å². The van der Waals surface area contributed by atoms with Gasteiger partial charge in [0.1, 0.15) is 0 Å². The van der Waals surface area contributed by atoms with E-state index < -0.39 is 10.9 Å². The molecule has 0 radical (unpaired) electrons. The molecule has 5 nitrogen and oxygen atoms in total. The van der Waals surface area contributed by atoms with Crippen molar-refractivity contribution in [3.05, 3.63) is 46.0 Å². The summed E-state index contributed by atoms with van der Waals surface area (Å²) in [6, 6.07) is 4.04. The van der Waals surface area contributed by atoms with Crippen molar-refractivity contribution in [2.75, 3.05) is 0 Å². The molecule has 1 aromatic carbocycles. The van der Waals surface area contributed by atoms with Gasteiger partial charge in [0, 0.05) is 12.1 Å². The largest absolute Gasteiger partial charge is 0.478 e. The molecule has 0 spiro atoms. The summed E-state index contributed by atoms with van der Waals surface area (Å²) in [5.41, 5.74) is 0.652. The van der Waals surface area contributed by atoms with Gasteiger partial charge in [-0.3, -0.25) is 10.1 Å². The smallest absolute Gasteiger partial charge is 0.335 e. The highest BCUT2D eigenvalue weighted by Gasteiger charge is 2.14. The molecule has 1 rings (SSSR count). The summed E-state index contributed by atoms with van der Waals surface area (Å²) in [4.78, 5) is 20.6. The van der Waals surface area contributed by atoms with Crippen molar-refractivity contribution in [2.45, 2.75) is 6.92 Å². The third-order valence-electron chi connectivity index (χ3n) is 2.02. The van der Waals surface area contributed by atoms with Gasteiger partial charge >= 0.3 is 5.97 Å². The molecule has 0 saturated carbocycles. The van der Waals surface area contributed by atoms with Crippen molar-refractivity contribution in [1.29, 1.82) is 0 Å². The highest BCUT2D eigenvalue weighted by atomic mass is 16.6. The molecule has 1 aromatic rings. The molecule has 0 aromatic heterocycles. The van der Waals surface area contributed by atoms with Crippen molar-refractivity contribution in [3.8, 4) is 0 Å². The van der Waals surface area contributed by atoms with E-state index in [0.29, 0.717) is 5.56 Å². The number of hydrogen-bond acceptors (Lipinski definition) is 3. The van der Waals surface area contributed by atoms with Gasteiger partial charge in [0.15, 0.2) is 0 Å². The molecule has 0 heterocycles. The molecule has 1 N–H and O–H groups in total. The molecule has 0 unspecified atom stereocenters. The Bertz CT molecular complexity index is 451. The lowest BCUT2D eigenvalue weighted by Crippen LogP contribution is -2.01. The monoisotopic (exact) mass is 207 g/mol. The van der Waals surface area contributed by atoms with Crippen LogP contribution in [0.4, 0.5) is 5.69 Å². The second kappa shape index (κ2) is 3.91. The molecule has 0 amide bonds. The first-order valence-corrected chi connectivity index (χ1v) is 4.11. The van der Waals surface area contributed by atoms with Gasteiger partial charge in [-0.25, -0.2) is 4.79 Å². The number of aryl methyl sites for hydroxylation is 1. The Balaban J connectivity index is 3.28. The zero-order valence-electron chi connectivity index (χ0n) is 8.06. The van der Waals surface area contributed by atoms with Crippen LogP contribution >= 0.6 is 0 Å². The molecule has 0 saturated heterocycles. The van der Waals surface area contributed by atoms with Gasteiger partial charge in [-0.2, -0.15) is 0 Å². The molecule has 0 atom stereocenters. The van der Waals surface area contributed by atoms with Crippen LogP contribution < -0.4 is 0 Å². The number of non-ortho nitro benzene ring substituents is 1. The Hall–Kier alpha value is -2.17. The number of nitro benzene ring substituents is 1. The highest BCUT2D eigenvalue weighted by Crippen LogP contribution is 2.23. The lowest BCUT2D eigenvalue weighted by Gasteiger charge is -2.04. The predicted molar refractivity (Wildman–Crippen MR) is 54.5 cm³/mol. The zero-order valence-corrected chi connectivity index (χ0v) is 8.06. The van der Waals surface area contributed by atoms with Crippen LogP contribution in [0.15, 0.2) is 24.8 Å². The summed E-state index contributed by atoms with van der Waals surface area (Å²) in [6.45, 7) is 5.04. The Labute approximate surface area is 85.8 Å². The first-order valence-electron chi connectivity index (χ1n) is 4.11. The topological polar surface area (TPSA) is 80.4 Å². The van der Waals surface area contributed by atoms with Crippen LogP contribution in [0, 0.1) is 17.0 Å². The van der Waals surface area contributed by atoms with Crippen LogP contribution in [0.25, 0.3) is 5.57 Å². The van der Waals surface area contributed by atoms with Crippen LogP contribution in [-0.4, -0.2) is 16.0 Å². The summed E-state index contributed by atoms with van der Waals surface area (Å²) in [5.74, 6) is -1.18. The molecular weight excluding hydrogens is 198 g/mol. The minimum absolute atomic E-state index is 0.141. The second-order valence-corrected chi connectivity index (χ2v) is 3.04. The van der Waals surface area contributed by atoms with E-state index in [-0.39, 0.29) is 16.8 Å². The molecule has 5 heteroatoms. The first kappa shape index (κ1) is 10.9. The van der Waals surface area contributed by atoms with Gasteiger partial charge in [-0.05, 0) is 18.1 Å². The standard InChI is InChI=1S/C10H9NO4/c1-6-3-4-8(11(14)15)5-9(6)7(2)10(12)13/h3-5H,2H2,1H3,(H,12,13). The van der Waals surface area contributed by atoms with Gasteiger partial charge in [-0.15, -0.1) is 0 Å². The van der Waals surface area contributed by atoms with Gasteiger partial charge in [0.25, 0.3) is 5.69 Å². The molecular formula is C10H9NO4. The Kier molecular flexibility index (Phi) is 2.85. The summed E-state index contributed by atoms with van der Waals surface area (Å²) < 4.78 is 0. The minimum atomic E-state index is -1.18. The molecule has 78 valence electrons. The normalized spacial score (nSPS) is 9.67. The maximum Gasteiger partial charge on any atom is 0.335 e. The third-order valence-corrected chi connectivity index (χ3v) is 2.02. The molecule has 0 bridgehead atoms. The zero-order chi connectivity index (χ0) is 11.6. The molecule has 0 aliphatic carbocycles. The Morgan fingerprint density at radius 3 is 2.60 bits per heavy atom. The van der Waals surface area contributed by atoms with E-state index in [1.807, 2.05) is 0 Å². The van der Waals surface area contributed by atoms with E-state index in [9.17, 15) is 14.9 Å². The number of rotatable bonds is 3. The van der Waals surface area contributed by atoms with Gasteiger partial charge in [0.05, 0.1) is 10.5 Å². The van der Waals surface area contributed by atoms with Crippen molar-refractivity contribution < 1.29 is 14.8 Å². The van der Waals surface area contributed by atoms with Crippen LogP contribution in [0.2, 0.25) is 0 Å².